The molecule has 0 aliphatic rings. The van der Waals surface area contributed by atoms with Gasteiger partial charge in [-0.15, -0.1) is 4.72 Å². The minimum absolute atomic E-state index is 0.0207. The highest BCUT2D eigenvalue weighted by Gasteiger charge is 2.30. The molecule has 0 spiro atoms. The molecule has 0 radical (unpaired) electrons. The number of nitrogens with one attached hydrogen (secondary N) is 1. The molecule has 1 heterocycles. The lowest BCUT2D eigenvalue weighted by molar-refractivity contribution is 0.271. The first-order valence-electron chi connectivity index (χ1n) is 6.69. The van der Waals surface area contributed by atoms with Crippen LogP contribution in [0.1, 0.15) is 38.9 Å². The van der Waals surface area contributed by atoms with Crippen LogP contribution in [0, 0.1) is 0 Å². The van der Waals surface area contributed by atoms with E-state index >= 15 is 0 Å². The highest BCUT2D eigenvalue weighted by Crippen LogP contribution is 2.22. The summed E-state index contributed by atoms with van der Waals surface area (Å²) in [4.78, 5) is 6.46. The Morgan fingerprint density at radius 2 is 2.05 bits per heavy atom. The highest BCUT2D eigenvalue weighted by molar-refractivity contribution is 7.90. The zero-order valence-corrected chi connectivity index (χ0v) is 13.7. The number of aliphatic hydroxyl groups is 1. The van der Waals surface area contributed by atoms with E-state index in [1.54, 1.807) is 0 Å². The topological polar surface area (TPSA) is 71.5 Å². The lowest BCUT2D eigenvalue weighted by Gasteiger charge is -2.27. The second-order valence-electron chi connectivity index (χ2n) is 5.88. The number of nitrogens with zero attached hydrogens (tertiary/aromatic N) is 2. The van der Waals surface area contributed by atoms with Gasteiger partial charge in [0.1, 0.15) is 10.6 Å². The second-order valence-corrected chi connectivity index (χ2v) is 7.88. The Morgan fingerprint density at radius 3 is 2.55 bits per heavy atom. The van der Waals surface area contributed by atoms with E-state index in [1.165, 1.54) is 0 Å². The van der Waals surface area contributed by atoms with Gasteiger partial charge in [-0.1, -0.05) is 6.07 Å². The average Bonchev–Trinajstić information content (AvgIpc) is 2.37. The summed E-state index contributed by atoms with van der Waals surface area (Å²) in [6.07, 6.45) is 0.478. The summed E-state index contributed by atoms with van der Waals surface area (Å²) < 4.78 is 14.9. The predicted molar refractivity (Wildman–Crippen MR) is 84.0 cm³/mol. The van der Waals surface area contributed by atoms with Crippen molar-refractivity contribution in [2.75, 3.05) is 25.6 Å². The fourth-order valence-electron chi connectivity index (χ4n) is 1.58. The van der Waals surface area contributed by atoms with Crippen molar-refractivity contribution in [3.63, 3.8) is 0 Å². The number of anilines is 1. The van der Waals surface area contributed by atoms with Gasteiger partial charge in [0.15, 0.2) is 0 Å². The van der Waals surface area contributed by atoms with Gasteiger partial charge in [0, 0.05) is 32.1 Å². The van der Waals surface area contributed by atoms with E-state index in [0.717, 1.165) is 11.5 Å². The first kappa shape index (κ1) is 17.2. The summed E-state index contributed by atoms with van der Waals surface area (Å²) in [6.45, 7) is 5.76. The first-order valence-corrected chi connectivity index (χ1v) is 7.84. The predicted octanol–water partition coefficient (Wildman–Crippen LogP) is 1.62. The molecule has 1 unspecified atom stereocenters. The third-order valence-electron chi connectivity index (χ3n) is 2.79. The van der Waals surface area contributed by atoms with Crippen molar-refractivity contribution in [1.82, 2.24) is 9.71 Å². The molecule has 1 aromatic heterocycles. The van der Waals surface area contributed by atoms with Crippen LogP contribution in [0.2, 0.25) is 0 Å². The fraction of sp³-hybridized carbons (Fsp3) is 0.643. The number of hydrogen-bond acceptors (Lipinski definition) is 5. The van der Waals surface area contributed by atoms with Gasteiger partial charge in [-0.05, 0) is 39.3 Å². The van der Waals surface area contributed by atoms with E-state index in [4.69, 9.17) is 0 Å². The molecule has 5 nitrogen and oxygen atoms in total. The van der Waals surface area contributed by atoms with Crippen LogP contribution < -0.4 is 9.62 Å². The van der Waals surface area contributed by atoms with Gasteiger partial charge in [-0.3, -0.25) is 0 Å². The van der Waals surface area contributed by atoms with Crippen molar-refractivity contribution in [2.24, 2.45) is 0 Å². The summed E-state index contributed by atoms with van der Waals surface area (Å²) in [5, 5.41) is 9.22. The van der Waals surface area contributed by atoms with E-state index in [9.17, 15) is 9.66 Å². The molecule has 2 N–H and O–H groups in total. The van der Waals surface area contributed by atoms with Crippen LogP contribution in [0.4, 0.5) is 5.82 Å². The molecule has 0 fully saturated rings. The van der Waals surface area contributed by atoms with Crippen molar-refractivity contribution >= 4 is 17.2 Å². The maximum absolute atomic E-state index is 12.2. The molecule has 0 aliphatic carbocycles. The van der Waals surface area contributed by atoms with Crippen LogP contribution in [0.3, 0.4) is 0 Å². The summed E-state index contributed by atoms with van der Waals surface area (Å²) >= 11 is -1.20. The smallest absolute Gasteiger partial charge is 0.136 e. The van der Waals surface area contributed by atoms with Crippen LogP contribution in [-0.2, 0) is 11.4 Å². The van der Waals surface area contributed by atoms with Crippen LogP contribution in [0.25, 0.3) is 0 Å². The summed E-state index contributed by atoms with van der Waals surface area (Å²) in [5.41, 5.74) is 0.794. The monoisotopic (exact) mass is 299 g/mol. The van der Waals surface area contributed by atoms with Crippen LogP contribution in [0.5, 0.6) is 0 Å². The van der Waals surface area contributed by atoms with Crippen molar-refractivity contribution in [1.29, 1.82) is 0 Å². The molecule has 0 amide bonds. The Balaban J connectivity index is 2.93. The van der Waals surface area contributed by atoms with E-state index < -0.39 is 11.4 Å². The molecule has 20 heavy (non-hydrogen) atoms. The van der Waals surface area contributed by atoms with Crippen molar-refractivity contribution in [3.8, 4) is 0 Å². The Labute approximate surface area is 124 Å². The lowest BCUT2D eigenvalue weighted by atomic mass is 10.1. The largest absolute Gasteiger partial charge is 0.598 e. The normalized spacial score (nSPS) is 14.9. The number of hydrogen-bond donors (Lipinski definition) is 2. The van der Waals surface area contributed by atoms with Crippen LogP contribution >= 0.6 is 0 Å². The molecule has 1 rings (SSSR count). The first-order chi connectivity index (χ1) is 9.25. The Hall–Kier alpha value is -0.820. The van der Waals surface area contributed by atoms with Crippen LogP contribution in [-0.4, -0.2) is 40.1 Å². The summed E-state index contributed by atoms with van der Waals surface area (Å²) in [7, 11) is 3.85. The molecular formula is C14H25N3O2S. The van der Waals surface area contributed by atoms with Crippen molar-refractivity contribution in [2.45, 2.75) is 38.0 Å². The minimum atomic E-state index is -1.20. The molecule has 6 heteroatoms. The van der Waals surface area contributed by atoms with Crippen molar-refractivity contribution < 1.29 is 9.66 Å². The van der Waals surface area contributed by atoms with Crippen molar-refractivity contribution in [3.05, 3.63) is 23.9 Å². The van der Waals surface area contributed by atoms with Gasteiger partial charge in [0.2, 0.25) is 0 Å². The Bertz CT molecular complexity index is 421. The Morgan fingerprint density at radius 1 is 1.40 bits per heavy atom. The maximum Gasteiger partial charge on any atom is 0.136 e. The quantitative estimate of drug-likeness (QED) is 0.781. The van der Waals surface area contributed by atoms with E-state index in [1.807, 2.05) is 58.0 Å². The standard InChI is InChI=1S/C14H25N3O2S/c1-14(2,3)20(19)16-12(9-10-18)11-7-6-8-13(15-11)17(4)5/h6-8,12,16,18H,9-10H2,1-5H3/t12-,20?/m1/s1. The summed E-state index contributed by atoms with van der Waals surface area (Å²) in [6, 6.07) is 5.50. The molecule has 0 bridgehead atoms. The fourth-order valence-corrected chi connectivity index (χ4v) is 2.44. The molecule has 2 atom stereocenters. The number of aliphatic hydroxyl groups excluding tert-OH is 1. The molecule has 114 valence electrons. The minimum Gasteiger partial charge on any atom is -0.598 e. The third-order valence-corrected chi connectivity index (χ3v) is 4.41. The van der Waals surface area contributed by atoms with Gasteiger partial charge in [-0.2, -0.15) is 0 Å². The molecule has 0 aromatic carbocycles. The summed E-state index contributed by atoms with van der Waals surface area (Å²) in [5.74, 6) is 0.841. The molecule has 0 saturated carbocycles. The van der Waals surface area contributed by atoms with Gasteiger partial charge in [0.05, 0.1) is 11.7 Å². The average molecular weight is 299 g/mol. The van der Waals surface area contributed by atoms with Gasteiger partial charge in [0.25, 0.3) is 0 Å². The maximum atomic E-state index is 12.2. The van der Waals surface area contributed by atoms with E-state index in [0.29, 0.717) is 6.42 Å². The molecule has 0 saturated heterocycles. The number of rotatable bonds is 6. The molecule has 0 aliphatic heterocycles. The van der Waals surface area contributed by atoms with Gasteiger partial charge in [-0.25, -0.2) is 4.98 Å². The van der Waals surface area contributed by atoms with Gasteiger partial charge < -0.3 is 14.6 Å². The molecular weight excluding hydrogens is 274 g/mol. The highest BCUT2D eigenvalue weighted by atomic mass is 32.2. The third kappa shape index (κ3) is 4.94. The Kier molecular flexibility index (Phi) is 6.26. The zero-order valence-electron chi connectivity index (χ0n) is 12.9. The van der Waals surface area contributed by atoms with Crippen LogP contribution in [0.15, 0.2) is 18.2 Å². The lowest BCUT2D eigenvalue weighted by Crippen LogP contribution is -2.41. The second kappa shape index (κ2) is 7.26. The zero-order chi connectivity index (χ0) is 15.3. The number of aromatic nitrogens is 1. The molecule has 1 aromatic rings. The van der Waals surface area contributed by atoms with Gasteiger partial charge >= 0.3 is 0 Å². The SMILES string of the molecule is CN(C)c1cccc([C@@H](CCO)N[S+]([O-])C(C)(C)C)n1. The van der Waals surface area contributed by atoms with E-state index in [2.05, 4.69) is 9.71 Å². The number of pyridine rings is 1. The van der Waals surface area contributed by atoms with E-state index in [-0.39, 0.29) is 17.4 Å².